The molecule has 0 aliphatic heterocycles. The van der Waals surface area contributed by atoms with Crippen molar-refractivity contribution in [2.24, 2.45) is 4.99 Å². The number of halogens is 2. The van der Waals surface area contributed by atoms with Gasteiger partial charge in [-0.2, -0.15) is 0 Å². The Bertz CT molecular complexity index is 453. The molecule has 0 bridgehead atoms. The van der Waals surface area contributed by atoms with Crippen LogP contribution >= 0.6 is 23.2 Å². The molecule has 118 valence electrons. The Morgan fingerprint density at radius 1 is 1.19 bits per heavy atom. The second-order valence-corrected chi connectivity index (χ2v) is 5.46. The first-order valence-corrected chi connectivity index (χ1v) is 7.80. The largest absolute Gasteiger partial charge is 0.385 e. The second kappa shape index (κ2) is 10.7. The van der Waals surface area contributed by atoms with Gasteiger partial charge in [0, 0.05) is 43.9 Å². The smallest absolute Gasteiger partial charge is 0.190 e. The SMILES string of the molecule is CN=C(NCCCOC)NCCCc1ccc(Cl)cc1Cl. The molecule has 0 amide bonds. The average molecular weight is 332 g/mol. The van der Waals surface area contributed by atoms with E-state index in [1.807, 2.05) is 12.1 Å². The van der Waals surface area contributed by atoms with Crippen LogP contribution in [0.4, 0.5) is 0 Å². The van der Waals surface area contributed by atoms with Crippen LogP contribution in [0.3, 0.4) is 0 Å². The Morgan fingerprint density at radius 3 is 2.52 bits per heavy atom. The molecule has 6 heteroatoms. The molecule has 0 heterocycles. The number of aliphatic imine (C=N–C) groups is 1. The van der Waals surface area contributed by atoms with Crippen LogP contribution in [0.1, 0.15) is 18.4 Å². The van der Waals surface area contributed by atoms with E-state index in [1.54, 1.807) is 20.2 Å². The van der Waals surface area contributed by atoms with Gasteiger partial charge in [-0.3, -0.25) is 4.99 Å². The fourth-order valence-electron chi connectivity index (χ4n) is 1.85. The van der Waals surface area contributed by atoms with Crippen molar-refractivity contribution in [1.29, 1.82) is 0 Å². The van der Waals surface area contributed by atoms with Crippen molar-refractivity contribution in [2.45, 2.75) is 19.3 Å². The predicted octanol–water partition coefficient (Wildman–Crippen LogP) is 3.13. The third kappa shape index (κ3) is 7.55. The average Bonchev–Trinajstić information content (AvgIpc) is 2.47. The van der Waals surface area contributed by atoms with E-state index in [0.29, 0.717) is 5.02 Å². The van der Waals surface area contributed by atoms with Gasteiger partial charge >= 0.3 is 0 Å². The van der Waals surface area contributed by atoms with Gasteiger partial charge in [0.15, 0.2) is 5.96 Å². The van der Waals surface area contributed by atoms with E-state index in [2.05, 4.69) is 15.6 Å². The van der Waals surface area contributed by atoms with Gasteiger partial charge in [0.25, 0.3) is 0 Å². The van der Waals surface area contributed by atoms with Crippen LogP contribution in [0.15, 0.2) is 23.2 Å². The zero-order valence-electron chi connectivity index (χ0n) is 12.6. The van der Waals surface area contributed by atoms with Crippen molar-refractivity contribution in [3.63, 3.8) is 0 Å². The fourth-order valence-corrected chi connectivity index (χ4v) is 2.36. The monoisotopic (exact) mass is 331 g/mol. The van der Waals surface area contributed by atoms with Crippen LogP contribution in [0.25, 0.3) is 0 Å². The maximum atomic E-state index is 6.14. The van der Waals surface area contributed by atoms with Crippen molar-refractivity contribution in [3.8, 4) is 0 Å². The molecular weight excluding hydrogens is 309 g/mol. The van der Waals surface area contributed by atoms with Crippen LogP contribution in [0.2, 0.25) is 10.0 Å². The fraction of sp³-hybridized carbons (Fsp3) is 0.533. The number of nitrogens with one attached hydrogen (secondary N) is 2. The van der Waals surface area contributed by atoms with Crippen LogP contribution in [-0.4, -0.2) is 39.8 Å². The Morgan fingerprint density at radius 2 is 1.90 bits per heavy atom. The number of hydrogen-bond donors (Lipinski definition) is 2. The molecular formula is C15H23Cl2N3O. The molecule has 1 aromatic carbocycles. The zero-order chi connectivity index (χ0) is 15.5. The summed E-state index contributed by atoms with van der Waals surface area (Å²) >= 11 is 12.0. The lowest BCUT2D eigenvalue weighted by Crippen LogP contribution is -2.38. The highest BCUT2D eigenvalue weighted by molar-refractivity contribution is 6.35. The van der Waals surface area contributed by atoms with E-state index < -0.39 is 0 Å². The van der Waals surface area contributed by atoms with Crippen molar-refractivity contribution in [1.82, 2.24) is 10.6 Å². The van der Waals surface area contributed by atoms with E-state index in [1.165, 1.54) is 0 Å². The summed E-state index contributed by atoms with van der Waals surface area (Å²) < 4.78 is 5.00. The maximum Gasteiger partial charge on any atom is 0.190 e. The number of rotatable bonds is 8. The Hall–Kier alpha value is -0.970. The molecule has 0 aliphatic carbocycles. The molecule has 0 spiro atoms. The number of ether oxygens (including phenoxy) is 1. The van der Waals surface area contributed by atoms with Crippen LogP contribution in [0, 0.1) is 0 Å². The van der Waals surface area contributed by atoms with Gasteiger partial charge in [-0.25, -0.2) is 0 Å². The van der Waals surface area contributed by atoms with Crippen LogP contribution < -0.4 is 10.6 Å². The molecule has 0 aromatic heterocycles. The Kier molecular flexibility index (Phi) is 9.22. The van der Waals surface area contributed by atoms with Gasteiger partial charge in [0.1, 0.15) is 0 Å². The minimum atomic E-state index is 0.669. The summed E-state index contributed by atoms with van der Waals surface area (Å²) in [7, 11) is 3.47. The first kappa shape index (κ1) is 18.1. The first-order valence-electron chi connectivity index (χ1n) is 7.04. The first-order chi connectivity index (χ1) is 10.2. The summed E-state index contributed by atoms with van der Waals surface area (Å²) in [5.74, 6) is 0.813. The van der Waals surface area contributed by atoms with Crippen LogP contribution in [-0.2, 0) is 11.2 Å². The molecule has 1 aromatic rings. The Balaban J connectivity index is 2.22. The van der Waals surface area contributed by atoms with E-state index in [9.17, 15) is 0 Å². The number of methoxy groups -OCH3 is 1. The summed E-state index contributed by atoms with van der Waals surface area (Å²) in [6.45, 7) is 2.43. The minimum Gasteiger partial charge on any atom is -0.385 e. The minimum absolute atomic E-state index is 0.669. The third-order valence-corrected chi connectivity index (χ3v) is 3.56. The van der Waals surface area contributed by atoms with Gasteiger partial charge < -0.3 is 15.4 Å². The molecule has 0 unspecified atom stereocenters. The van der Waals surface area contributed by atoms with Crippen molar-refractivity contribution in [3.05, 3.63) is 33.8 Å². The number of guanidine groups is 1. The zero-order valence-corrected chi connectivity index (χ0v) is 14.1. The molecule has 2 N–H and O–H groups in total. The van der Waals surface area contributed by atoms with Gasteiger partial charge in [-0.1, -0.05) is 29.3 Å². The summed E-state index contributed by atoms with van der Waals surface area (Å²) in [5.41, 5.74) is 1.12. The van der Waals surface area contributed by atoms with E-state index in [0.717, 1.165) is 55.5 Å². The van der Waals surface area contributed by atoms with Crippen molar-refractivity contribution < 1.29 is 4.74 Å². The van der Waals surface area contributed by atoms with Crippen LogP contribution in [0.5, 0.6) is 0 Å². The molecule has 0 atom stereocenters. The Labute approximate surface area is 136 Å². The molecule has 0 aliphatic rings. The molecule has 1 rings (SSSR count). The van der Waals surface area contributed by atoms with Crippen molar-refractivity contribution >= 4 is 29.2 Å². The van der Waals surface area contributed by atoms with E-state index in [-0.39, 0.29) is 0 Å². The molecule has 4 nitrogen and oxygen atoms in total. The highest BCUT2D eigenvalue weighted by atomic mass is 35.5. The number of benzene rings is 1. The summed E-state index contributed by atoms with van der Waals surface area (Å²) in [4.78, 5) is 4.17. The number of aryl methyl sites for hydroxylation is 1. The van der Waals surface area contributed by atoms with Crippen molar-refractivity contribution in [2.75, 3.05) is 33.9 Å². The molecule has 0 saturated carbocycles. The highest BCUT2D eigenvalue weighted by Gasteiger charge is 2.02. The normalized spacial score (nSPS) is 11.5. The summed E-state index contributed by atoms with van der Waals surface area (Å²) in [5, 5.41) is 7.91. The molecule has 0 fully saturated rings. The molecule has 21 heavy (non-hydrogen) atoms. The number of hydrogen-bond acceptors (Lipinski definition) is 2. The maximum absolute atomic E-state index is 6.14. The standard InChI is InChI=1S/C15H23Cl2N3O/c1-18-15(20-9-4-10-21-2)19-8-3-5-12-6-7-13(16)11-14(12)17/h6-7,11H,3-5,8-10H2,1-2H3,(H2,18,19,20). The summed E-state index contributed by atoms with van der Waals surface area (Å²) in [6, 6.07) is 5.62. The lowest BCUT2D eigenvalue weighted by molar-refractivity contribution is 0.195. The quantitative estimate of drug-likeness (QED) is 0.437. The summed E-state index contributed by atoms with van der Waals surface area (Å²) in [6.07, 6.45) is 2.83. The van der Waals surface area contributed by atoms with Gasteiger partial charge in [0.05, 0.1) is 0 Å². The van der Waals surface area contributed by atoms with E-state index in [4.69, 9.17) is 27.9 Å². The lowest BCUT2D eigenvalue weighted by atomic mass is 10.1. The third-order valence-electron chi connectivity index (χ3n) is 2.97. The van der Waals surface area contributed by atoms with Gasteiger partial charge in [0.2, 0.25) is 0 Å². The topological polar surface area (TPSA) is 45.7 Å². The predicted molar refractivity (Wildman–Crippen MR) is 90.6 cm³/mol. The van der Waals surface area contributed by atoms with Gasteiger partial charge in [-0.05, 0) is 37.0 Å². The van der Waals surface area contributed by atoms with Gasteiger partial charge in [-0.15, -0.1) is 0 Å². The molecule has 0 saturated heterocycles. The second-order valence-electron chi connectivity index (χ2n) is 4.61. The lowest BCUT2D eigenvalue weighted by Gasteiger charge is -2.12. The highest BCUT2D eigenvalue weighted by Crippen LogP contribution is 2.21. The van der Waals surface area contributed by atoms with E-state index >= 15 is 0 Å². The number of nitrogens with zero attached hydrogens (tertiary/aromatic N) is 1. The molecule has 0 radical (unpaired) electrons.